The van der Waals surface area contributed by atoms with Crippen LogP contribution in [0.2, 0.25) is 5.02 Å². The first-order valence-corrected chi connectivity index (χ1v) is 6.08. The number of carboxylic acid groups (broad SMARTS) is 1. The van der Waals surface area contributed by atoms with E-state index in [1.54, 1.807) is 42.6 Å². The van der Waals surface area contributed by atoms with Crippen molar-refractivity contribution < 1.29 is 9.90 Å². The van der Waals surface area contributed by atoms with Crippen molar-refractivity contribution in [2.24, 2.45) is 0 Å². The Kier molecular flexibility index (Phi) is 3.97. The second-order valence-electron chi connectivity index (χ2n) is 4.08. The maximum atomic E-state index is 11.4. The number of aromatic nitrogens is 1. The van der Waals surface area contributed by atoms with Crippen molar-refractivity contribution in [3.8, 4) is 0 Å². The van der Waals surface area contributed by atoms with Crippen LogP contribution in [-0.2, 0) is 4.79 Å². The zero-order valence-corrected chi connectivity index (χ0v) is 11.1. The van der Waals surface area contributed by atoms with Crippen LogP contribution in [0.1, 0.15) is 16.8 Å². The van der Waals surface area contributed by atoms with Crippen LogP contribution in [0.5, 0.6) is 0 Å². The summed E-state index contributed by atoms with van der Waals surface area (Å²) in [7, 11) is 0. The van der Waals surface area contributed by atoms with Crippen molar-refractivity contribution in [1.29, 1.82) is 0 Å². The van der Waals surface area contributed by atoms with Gasteiger partial charge in [-0.05, 0) is 42.3 Å². The molecule has 0 atom stereocenters. The summed E-state index contributed by atoms with van der Waals surface area (Å²) >= 11 is 6.03. The summed E-state index contributed by atoms with van der Waals surface area (Å²) in [6, 6.07) is 10.5. The van der Waals surface area contributed by atoms with E-state index in [0.717, 1.165) is 5.56 Å². The van der Waals surface area contributed by atoms with Crippen molar-refractivity contribution in [3.63, 3.8) is 0 Å². The number of pyridine rings is 1. The molecular formula is C15H12ClNO2. The lowest BCUT2D eigenvalue weighted by atomic mass is 10.0. The molecule has 96 valence electrons. The van der Waals surface area contributed by atoms with Gasteiger partial charge in [0.05, 0.1) is 11.3 Å². The topological polar surface area (TPSA) is 50.2 Å². The van der Waals surface area contributed by atoms with Gasteiger partial charge in [0.25, 0.3) is 0 Å². The van der Waals surface area contributed by atoms with E-state index in [2.05, 4.69) is 4.98 Å². The molecule has 3 nitrogen and oxygen atoms in total. The quantitative estimate of drug-likeness (QED) is 0.868. The van der Waals surface area contributed by atoms with Crippen LogP contribution < -0.4 is 0 Å². The fourth-order valence-corrected chi connectivity index (χ4v) is 1.82. The molecule has 0 bridgehead atoms. The van der Waals surface area contributed by atoms with E-state index in [1.165, 1.54) is 6.08 Å². The van der Waals surface area contributed by atoms with Gasteiger partial charge in [-0.3, -0.25) is 4.98 Å². The van der Waals surface area contributed by atoms with Gasteiger partial charge in [0.15, 0.2) is 0 Å². The Morgan fingerprint density at radius 2 is 2.11 bits per heavy atom. The highest BCUT2D eigenvalue weighted by atomic mass is 35.5. The highest BCUT2D eigenvalue weighted by molar-refractivity contribution is 6.32. The Labute approximate surface area is 116 Å². The molecule has 4 heteroatoms. The molecule has 1 aromatic carbocycles. The van der Waals surface area contributed by atoms with Gasteiger partial charge >= 0.3 is 5.97 Å². The zero-order chi connectivity index (χ0) is 13.8. The maximum absolute atomic E-state index is 11.4. The summed E-state index contributed by atoms with van der Waals surface area (Å²) in [5, 5.41) is 9.86. The number of aryl methyl sites for hydroxylation is 1. The molecule has 0 aliphatic rings. The van der Waals surface area contributed by atoms with Crippen molar-refractivity contribution in [1.82, 2.24) is 4.98 Å². The zero-order valence-electron chi connectivity index (χ0n) is 10.3. The molecule has 1 aromatic heterocycles. The van der Waals surface area contributed by atoms with Crippen molar-refractivity contribution in [2.75, 3.05) is 0 Å². The van der Waals surface area contributed by atoms with Gasteiger partial charge in [0.2, 0.25) is 0 Å². The van der Waals surface area contributed by atoms with Crippen LogP contribution in [0.15, 0.2) is 42.6 Å². The number of aliphatic carboxylic acids is 1. The third kappa shape index (κ3) is 3.20. The summed E-state index contributed by atoms with van der Waals surface area (Å²) in [4.78, 5) is 15.5. The smallest absolute Gasteiger partial charge is 0.336 e. The Balaban J connectivity index is 2.49. The van der Waals surface area contributed by atoms with Crippen LogP contribution in [-0.4, -0.2) is 16.1 Å². The van der Waals surface area contributed by atoms with Gasteiger partial charge in [-0.1, -0.05) is 29.8 Å². The Hall–Kier alpha value is -2.13. The molecule has 0 aliphatic carbocycles. The van der Waals surface area contributed by atoms with Crippen LogP contribution in [0.3, 0.4) is 0 Å². The predicted molar refractivity (Wildman–Crippen MR) is 75.9 cm³/mol. The molecular weight excluding hydrogens is 262 g/mol. The van der Waals surface area contributed by atoms with Gasteiger partial charge < -0.3 is 5.11 Å². The van der Waals surface area contributed by atoms with E-state index in [9.17, 15) is 9.90 Å². The third-order valence-electron chi connectivity index (χ3n) is 2.69. The molecule has 0 saturated heterocycles. The summed E-state index contributed by atoms with van der Waals surface area (Å²) in [6.07, 6.45) is 3.15. The minimum atomic E-state index is -1.01. The molecule has 0 spiro atoms. The van der Waals surface area contributed by atoms with Gasteiger partial charge in [0.1, 0.15) is 0 Å². The van der Waals surface area contributed by atoms with E-state index in [4.69, 9.17) is 11.6 Å². The Bertz CT molecular complexity index is 636. The number of carbonyl (C=O) groups is 1. The first-order chi connectivity index (χ1) is 9.08. The van der Waals surface area contributed by atoms with E-state index in [0.29, 0.717) is 16.3 Å². The molecule has 1 N–H and O–H groups in total. The monoisotopic (exact) mass is 273 g/mol. The molecule has 2 rings (SSSR count). The summed E-state index contributed by atoms with van der Waals surface area (Å²) in [5.74, 6) is -1.01. The van der Waals surface area contributed by atoms with E-state index in [-0.39, 0.29) is 5.57 Å². The lowest BCUT2D eigenvalue weighted by molar-refractivity contribution is -0.130. The number of hydrogen-bond acceptors (Lipinski definition) is 2. The number of nitrogens with zero attached hydrogens (tertiary/aromatic N) is 1. The summed E-state index contributed by atoms with van der Waals surface area (Å²) < 4.78 is 0. The van der Waals surface area contributed by atoms with E-state index >= 15 is 0 Å². The average molecular weight is 274 g/mol. The highest BCUT2D eigenvalue weighted by Gasteiger charge is 2.12. The first-order valence-electron chi connectivity index (χ1n) is 5.70. The summed E-state index contributed by atoms with van der Waals surface area (Å²) in [6.45, 7) is 1.87. The second-order valence-corrected chi connectivity index (χ2v) is 4.49. The molecule has 19 heavy (non-hydrogen) atoms. The predicted octanol–water partition coefficient (Wildman–Crippen LogP) is 3.67. The molecule has 0 saturated carbocycles. The minimum absolute atomic E-state index is 0.167. The van der Waals surface area contributed by atoms with Crippen molar-refractivity contribution in [3.05, 3.63) is 64.4 Å². The Morgan fingerprint density at radius 3 is 2.68 bits per heavy atom. The number of hydrogen-bond donors (Lipinski definition) is 1. The normalized spacial score (nSPS) is 11.4. The molecule has 0 aliphatic heterocycles. The second kappa shape index (κ2) is 5.67. The molecule has 0 radical (unpaired) electrons. The van der Waals surface area contributed by atoms with Crippen molar-refractivity contribution in [2.45, 2.75) is 6.92 Å². The third-order valence-corrected chi connectivity index (χ3v) is 3.10. The molecule has 2 aromatic rings. The van der Waals surface area contributed by atoms with Crippen molar-refractivity contribution >= 4 is 29.2 Å². The average Bonchev–Trinajstić information content (AvgIpc) is 2.40. The largest absolute Gasteiger partial charge is 0.478 e. The molecule has 0 amide bonds. The summed E-state index contributed by atoms with van der Waals surface area (Å²) in [5.41, 5.74) is 2.24. The van der Waals surface area contributed by atoms with Crippen LogP contribution in [0, 0.1) is 6.92 Å². The fourth-order valence-electron chi connectivity index (χ4n) is 1.64. The number of rotatable bonds is 3. The SMILES string of the molecule is Cc1ccc(/C(=C/c2ccccn2)C(=O)O)cc1Cl. The van der Waals surface area contributed by atoms with Gasteiger partial charge in [-0.2, -0.15) is 0 Å². The van der Waals surface area contributed by atoms with Gasteiger partial charge in [-0.25, -0.2) is 4.79 Å². The number of carboxylic acids is 1. The minimum Gasteiger partial charge on any atom is -0.478 e. The highest BCUT2D eigenvalue weighted by Crippen LogP contribution is 2.23. The first kappa shape index (κ1) is 13.3. The fraction of sp³-hybridized carbons (Fsp3) is 0.0667. The molecule has 0 fully saturated rings. The van der Waals surface area contributed by atoms with E-state index in [1.807, 2.05) is 6.92 Å². The standard InChI is InChI=1S/C15H12ClNO2/c1-10-5-6-11(8-14(10)16)13(15(18)19)9-12-4-2-3-7-17-12/h2-9H,1H3,(H,18,19)/b13-9-. The van der Waals surface area contributed by atoms with Crippen LogP contribution in [0.25, 0.3) is 11.6 Å². The van der Waals surface area contributed by atoms with E-state index < -0.39 is 5.97 Å². The van der Waals surface area contributed by atoms with Crippen LogP contribution in [0.4, 0.5) is 0 Å². The Morgan fingerprint density at radius 1 is 1.32 bits per heavy atom. The number of halogens is 1. The maximum Gasteiger partial charge on any atom is 0.336 e. The molecule has 0 unspecified atom stereocenters. The number of benzene rings is 1. The lowest BCUT2D eigenvalue weighted by Crippen LogP contribution is -2.00. The van der Waals surface area contributed by atoms with Gasteiger partial charge in [-0.15, -0.1) is 0 Å². The van der Waals surface area contributed by atoms with Gasteiger partial charge in [0, 0.05) is 11.2 Å². The lowest BCUT2D eigenvalue weighted by Gasteiger charge is -2.05. The molecule has 1 heterocycles. The van der Waals surface area contributed by atoms with Crippen LogP contribution >= 0.6 is 11.6 Å².